The van der Waals surface area contributed by atoms with Crippen LogP contribution in [0.3, 0.4) is 0 Å². The number of nitrogens with one attached hydrogen (secondary N) is 1. The van der Waals surface area contributed by atoms with Crippen LogP contribution in [-0.4, -0.2) is 15.7 Å². The molecule has 31 heavy (non-hydrogen) atoms. The van der Waals surface area contributed by atoms with Crippen LogP contribution in [0.15, 0.2) is 71.4 Å². The van der Waals surface area contributed by atoms with Gasteiger partial charge >= 0.3 is 0 Å². The highest BCUT2D eigenvalue weighted by molar-refractivity contribution is 6.32. The van der Waals surface area contributed by atoms with Crippen molar-refractivity contribution in [1.29, 1.82) is 0 Å². The zero-order valence-electron chi connectivity index (χ0n) is 16.0. The molecule has 0 spiro atoms. The third-order valence-electron chi connectivity index (χ3n) is 4.27. The molecule has 0 saturated carbocycles. The van der Waals surface area contributed by atoms with E-state index < -0.39 is 11.7 Å². The molecule has 0 aliphatic rings. The van der Waals surface area contributed by atoms with E-state index in [0.29, 0.717) is 23.7 Å². The average molecular weight is 444 g/mol. The molecule has 0 saturated heterocycles. The lowest BCUT2D eigenvalue weighted by Crippen LogP contribution is -2.10. The van der Waals surface area contributed by atoms with Gasteiger partial charge in [0.05, 0.1) is 23.5 Å². The van der Waals surface area contributed by atoms with Gasteiger partial charge in [0.15, 0.2) is 5.76 Å². The summed E-state index contributed by atoms with van der Waals surface area (Å²) in [6.07, 6.45) is 3.12. The Labute approximate surface area is 181 Å². The summed E-state index contributed by atoms with van der Waals surface area (Å²) in [5.74, 6) is -0.465. The molecule has 1 amide bonds. The Morgan fingerprint density at radius 3 is 2.77 bits per heavy atom. The molecule has 9 heteroatoms. The van der Waals surface area contributed by atoms with Crippen LogP contribution in [0.1, 0.15) is 21.9 Å². The third kappa shape index (κ3) is 5.29. The van der Waals surface area contributed by atoms with Gasteiger partial charge in [-0.3, -0.25) is 9.48 Å². The van der Waals surface area contributed by atoms with Crippen molar-refractivity contribution in [2.45, 2.75) is 13.2 Å². The maximum atomic E-state index is 13.3. The summed E-state index contributed by atoms with van der Waals surface area (Å²) in [5, 5.41) is 6.98. The van der Waals surface area contributed by atoms with Crippen molar-refractivity contribution in [3.05, 3.63) is 101 Å². The molecule has 2 aromatic carbocycles. The Morgan fingerprint density at radius 2 is 1.97 bits per heavy atom. The first-order valence-corrected chi connectivity index (χ1v) is 9.59. The lowest BCUT2D eigenvalue weighted by atomic mass is 10.2. The number of aromatic nitrogens is 2. The molecule has 158 valence electrons. The van der Waals surface area contributed by atoms with E-state index in [-0.39, 0.29) is 23.2 Å². The minimum Gasteiger partial charge on any atom is -0.484 e. The molecule has 0 aliphatic heterocycles. The highest BCUT2D eigenvalue weighted by Crippen LogP contribution is 2.26. The van der Waals surface area contributed by atoms with Crippen LogP contribution in [0.2, 0.25) is 5.02 Å². The van der Waals surface area contributed by atoms with Gasteiger partial charge in [-0.05, 0) is 48.0 Å². The first-order chi connectivity index (χ1) is 15.0. The number of carbonyl (C=O) groups is 1. The quantitative estimate of drug-likeness (QED) is 0.421. The number of rotatable bonds is 7. The second-order valence-corrected chi connectivity index (χ2v) is 7.05. The van der Waals surface area contributed by atoms with Crippen LogP contribution >= 0.6 is 11.6 Å². The van der Waals surface area contributed by atoms with Crippen LogP contribution in [0.4, 0.5) is 14.5 Å². The number of furan rings is 1. The fourth-order valence-corrected chi connectivity index (χ4v) is 3.07. The standard InChI is InChI=1S/C22H16ClF2N3O3/c23-19-9-16(25)4-6-20(19)30-13-18-5-7-21(31-18)22(29)27-17-10-26-28(12-17)11-14-2-1-3-15(24)8-14/h1-10,12H,11,13H2,(H,27,29). The summed E-state index contributed by atoms with van der Waals surface area (Å²) in [6.45, 7) is 0.381. The smallest absolute Gasteiger partial charge is 0.291 e. The van der Waals surface area contributed by atoms with E-state index in [1.54, 1.807) is 29.1 Å². The van der Waals surface area contributed by atoms with Gasteiger partial charge in [-0.2, -0.15) is 5.10 Å². The first kappa shape index (κ1) is 20.6. The lowest BCUT2D eigenvalue weighted by Gasteiger charge is -2.06. The highest BCUT2D eigenvalue weighted by atomic mass is 35.5. The highest BCUT2D eigenvalue weighted by Gasteiger charge is 2.14. The van der Waals surface area contributed by atoms with Gasteiger partial charge in [0.25, 0.3) is 5.91 Å². The normalized spacial score (nSPS) is 10.8. The zero-order chi connectivity index (χ0) is 21.8. The molecule has 0 radical (unpaired) electrons. The molecule has 2 aromatic heterocycles. The summed E-state index contributed by atoms with van der Waals surface area (Å²) < 4.78 is 39.0. The topological polar surface area (TPSA) is 69.3 Å². The van der Waals surface area contributed by atoms with Gasteiger partial charge in [0.1, 0.15) is 29.8 Å². The van der Waals surface area contributed by atoms with Crippen LogP contribution in [0, 0.1) is 11.6 Å². The molecule has 2 heterocycles. The molecule has 1 N–H and O–H groups in total. The summed E-state index contributed by atoms with van der Waals surface area (Å²) in [5.41, 5.74) is 1.21. The fraction of sp³-hybridized carbons (Fsp3) is 0.0909. The molecule has 0 bridgehead atoms. The Balaban J connectivity index is 1.34. The Bertz CT molecular complexity index is 1220. The molecule has 4 rings (SSSR count). The molecule has 0 fully saturated rings. The number of ether oxygens (including phenoxy) is 1. The molecular formula is C22H16ClF2N3O3. The average Bonchev–Trinajstić information content (AvgIpc) is 3.37. The number of halogens is 3. The Kier molecular flexibility index (Phi) is 5.99. The second-order valence-electron chi connectivity index (χ2n) is 6.64. The van der Waals surface area contributed by atoms with Crippen molar-refractivity contribution in [1.82, 2.24) is 9.78 Å². The number of nitrogens with zero attached hydrogens (tertiary/aromatic N) is 2. The molecule has 4 aromatic rings. The van der Waals surface area contributed by atoms with E-state index in [1.165, 1.54) is 36.5 Å². The minimum absolute atomic E-state index is 0.0181. The Morgan fingerprint density at radius 1 is 1.13 bits per heavy atom. The predicted octanol–water partition coefficient (Wildman–Crippen LogP) is 5.29. The van der Waals surface area contributed by atoms with Gasteiger partial charge in [-0.1, -0.05) is 23.7 Å². The van der Waals surface area contributed by atoms with Crippen molar-refractivity contribution in [2.75, 3.05) is 5.32 Å². The number of benzene rings is 2. The zero-order valence-corrected chi connectivity index (χ0v) is 16.8. The van der Waals surface area contributed by atoms with Crippen molar-refractivity contribution in [2.24, 2.45) is 0 Å². The summed E-state index contributed by atoms with van der Waals surface area (Å²) in [7, 11) is 0. The van der Waals surface area contributed by atoms with E-state index in [9.17, 15) is 13.6 Å². The second kappa shape index (κ2) is 9.01. The third-order valence-corrected chi connectivity index (χ3v) is 4.57. The summed E-state index contributed by atoms with van der Waals surface area (Å²) in [6, 6.07) is 13.1. The van der Waals surface area contributed by atoms with Crippen molar-refractivity contribution >= 4 is 23.2 Å². The number of carbonyl (C=O) groups excluding carboxylic acids is 1. The first-order valence-electron chi connectivity index (χ1n) is 9.21. The number of hydrogen-bond donors (Lipinski definition) is 1. The number of anilines is 1. The van der Waals surface area contributed by atoms with Crippen LogP contribution < -0.4 is 10.1 Å². The van der Waals surface area contributed by atoms with E-state index in [0.717, 1.165) is 11.6 Å². The van der Waals surface area contributed by atoms with Gasteiger partial charge in [0.2, 0.25) is 0 Å². The molecule has 6 nitrogen and oxygen atoms in total. The molecular weight excluding hydrogens is 428 g/mol. The van der Waals surface area contributed by atoms with Crippen LogP contribution in [-0.2, 0) is 13.2 Å². The fourth-order valence-electron chi connectivity index (χ4n) is 2.85. The van der Waals surface area contributed by atoms with Crippen LogP contribution in [0.5, 0.6) is 5.75 Å². The Hall–Kier alpha value is -3.65. The SMILES string of the molecule is O=C(Nc1cnn(Cc2cccc(F)c2)c1)c1ccc(COc2ccc(F)cc2Cl)o1. The number of amides is 1. The van der Waals surface area contributed by atoms with E-state index in [4.69, 9.17) is 20.8 Å². The van der Waals surface area contributed by atoms with E-state index in [1.807, 2.05) is 0 Å². The summed E-state index contributed by atoms with van der Waals surface area (Å²) >= 11 is 5.92. The van der Waals surface area contributed by atoms with Gasteiger partial charge in [0, 0.05) is 6.20 Å². The molecule has 0 unspecified atom stereocenters. The van der Waals surface area contributed by atoms with Gasteiger partial charge < -0.3 is 14.5 Å². The maximum absolute atomic E-state index is 13.3. The largest absolute Gasteiger partial charge is 0.484 e. The minimum atomic E-state index is -0.464. The lowest BCUT2D eigenvalue weighted by molar-refractivity contribution is 0.0992. The van der Waals surface area contributed by atoms with Crippen molar-refractivity contribution < 1.29 is 22.7 Å². The van der Waals surface area contributed by atoms with Crippen molar-refractivity contribution in [3.63, 3.8) is 0 Å². The van der Waals surface area contributed by atoms with Crippen molar-refractivity contribution in [3.8, 4) is 5.75 Å². The maximum Gasteiger partial charge on any atom is 0.291 e. The van der Waals surface area contributed by atoms with E-state index in [2.05, 4.69) is 10.4 Å². The predicted molar refractivity (Wildman–Crippen MR) is 110 cm³/mol. The number of hydrogen-bond acceptors (Lipinski definition) is 4. The van der Waals surface area contributed by atoms with E-state index >= 15 is 0 Å². The summed E-state index contributed by atoms with van der Waals surface area (Å²) in [4.78, 5) is 12.4. The molecule has 0 atom stereocenters. The van der Waals surface area contributed by atoms with Gasteiger partial charge in [-0.15, -0.1) is 0 Å². The molecule has 0 aliphatic carbocycles. The van der Waals surface area contributed by atoms with Crippen LogP contribution in [0.25, 0.3) is 0 Å². The van der Waals surface area contributed by atoms with Gasteiger partial charge in [-0.25, -0.2) is 8.78 Å². The monoisotopic (exact) mass is 443 g/mol.